The lowest BCUT2D eigenvalue weighted by Gasteiger charge is -2.08. The Morgan fingerprint density at radius 1 is 1.05 bits per heavy atom. The Morgan fingerprint density at radius 3 is 2.40 bits per heavy atom. The first-order valence-corrected chi connectivity index (χ1v) is 7.49. The molecule has 1 aromatic rings. The smallest absolute Gasteiger partial charge is 0.311 e. The molecular weight excluding hydrogens is 252 g/mol. The number of hydrogen-bond acceptors (Lipinski definition) is 4. The molecule has 0 radical (unpaired) electrons. The lowest BCUT2D eigenvalue weighted by atomic mass is 10.1. The highest BCUT2D eigenvalue weighted by atomic mass is 16.5. The van der Waals surface area contributed by atoms with Gasteiger partial charge in [0.25, 0.3) is 0 Å². The number of rotatable bonds is 9. The number of hydrogen-bond donors (Lipinski definition) is 2. The van der Waals surface area contributed by atoms with Gasteiger partial charge in [0, 0.05) is 6.42 Å². The molecule has 0 unspecified atom stereocenters. The molecule has 112 valence electrons. The van der Waals surface area contributed by atoms with E-state index in [0.29, 0.717) is 23.5 Å². The lowest BCUT2D eigenvalue weighted by Crippen LogP contribution is -2.09. The van der Waals surface area contributed by atoms with Crippen LogP contribution in [0.3, 0.4) is 0 Å². The minimum absolute atomic E-state index is 0.240. The van der Waals surface area contributed by atoms with Gasteiger partial charge >= 0.3 is 5.97 Å². The van der Waals surface area contributed by atoms with Gasteiger partial charge in [-0.3, -0.25) is 4.79 Å². The van der Waals surface area contributed by atoms with Crippen molar-refractivity contribution in [1.82, 2.24) is 0 Å². The first-order valence-electron chi connectivity index (χ1n) is 7.49. The monoisotopic (exact) mass is 278 g/mol. The van der Waals surface area contributed by atoms with Gasteiger partial charge in [0.1, 0.15) is 0 Å². The molecule has 4 heteroatoms. The van der Waals surface area contributed by atoms with Crippen molar-refractivity contribution in [3.05, 3.63) is 18.2 Å². The van der Waals surface area contributed by atoms with Crippen molar-refractivity contribution in [2.45, 2.75) is 58.3 Å². The highest BCUT2D eigenvalue weighted by Crippen LogP contribution is 2.27. The third-order valence-electron chi connectivity index (χ3n) is 3.31. The Labute approximate surface area is 121 Å². The SMILES string of the molecule is CCCCCCCCCC(=O)Oc1cccc(N)c1N. The van der Waals surface area contributed by atoms with Crippen LogP contribution in [0.25, 0.3) is 0 Å². The summed E-state index contributed by atoms with van der Waals surface area (Å²) in [6.45, 7) is 2.21. The number of esters is 1. The van der Waals surface area contributed by atoms with Gasteiger partial charge in [0.05, 0.1) is 11.4 Å². The second-order valence-corrected chi connectivity index (χ2v) is 5.10. The number of para-hydroxylation sites is 1. The summed E-state index contributed by atoms with van der Waals surface area (Å²) in [5, 5.41) is 0. The van der Waals surface area contributed by atoms with Crippen molar-refractivity contribution in [2.24, 2.45) is 0 Å². The van der Waals surface area contributed by atoms with Crippen LogP contribution < -0.4 is 16.2 Å². The van der Waals surface area contributed by atoms with E-state index in [9.17, 15) is 4.79 Å². The Bertz CT molecular complexity index is 419. The third kappa shape index (κ3) is 5.95. The lowest BCUT2D eigenvalue weighted by molar-refractivity contribution is -0.134. The molecular formula is C16H26N2O2. The Balaban J connectivity index is 2.19. The summed E-state index contributed by atoms with van der Waals surface area (Å²) in [6.07, 6.45) is 8.67. The van der Waals surface area contributed by atoms with E-state index >= 15 is 0 Å². The minimum atomic E-state index is -0.240. The molecule has 4 nitrogen and oxygen atoms in total. The van der Waals surface area contributed by atoms with Crippen LogP contribution in [0, 0.1) is 0 Å². The maximum absolute atomic E-state index is 11.7. The van der Waals surface area contributed by atoms with Crippen LogP contribution in [0.15, 0.2) is 18.2 Å². The molecule has 0 spiro atoms. The minimum Gasteiger partial charge on any atom is -0.424 e. The van der Waals surface area contributed by atoms with Crippen LogP contribution in [0.2, 0.25) is 0 Å². The Morgan fingerprint density at radius 2 is 1.70 bits per heavy atom. The molecule has 1 aromatic carbocycles. The highest BCUT2D eigenvalue weighted by molar-refractivity contribution is 5.78. The predicted octanol–water partition coefficient (Wildman–Crippen LogP) is 3.90. The molecule has 0 saturated heterocycles. The number of benzene rings is 1. The van der Waals surface area contributed by atoms with Crippen LogP contribution in [-0.4, -0.2) is 5.97 Å². The fourth-order valence-electron chi connectivity index (χ4n) is 2.05. The van der Waals surface area contributed by atoms with Crippen LogP contribution in [0.1, 0.15) is 58.3 Å². The van der Waals surface area contributed by atoms with E-state index in [-0.39, 0.29) is 5.97 Å². The summed E-state index contributed by atoms with van der Waals surface area (Å²) in [6, 6.07) is 5.07. The van der Waals surface area contributed by atoms with E-state index in [1.165, 1.54) is 32.1 Å². The van der Waals surface area contributed by atoms with Gasteiger partial charge in [0.15, 0.2) is 5.75 Å². The molecule has 0 fully saturated rings. The molecule has 4 N–H and O–H groups in total. The van der Waals surface area contributed by atoms with Gasteiger partial charge in [-0.15, -0.1) is 0 Å². The molecule has 0 atom stereocenters. The van der Waals surface area contributed by atoms with Crippen LogP contribution in [0.5, 0.6) is 5.75 Å². The summed E-state index contributed by atoms with van der Waals surface area (Å²) in [5.74, 6) is 0.119. The van der Waals surface area contributed by atoms with Gasteiger partial charge in [-0.25, -0.2) is 0 Å². The maximum atomic E-state index is 11.7. The van der Waals surface area contributed by atoms with E-state index in [4.69, 9.17) is 16.2 Å². The number of carbonyl (C=O) groups excluding carboxylic acids is 1. The van der Waals surface area contributed by atoms with Crippen LogP contribution in [0.4, 0.5) is 11.4 Å². The second kappa shape index (κ2) is 9.23. The number of unbranched alkanes of at least 4 members (excludes halogenated alkanes) is 6. The van der Waals surface area contributed by atoms with Gasteiger partial charge < -0.3 is 16.2 Å². The van der Waals surface area contributed by atoms with Crippen molar-refractivity contribution in [3.63, 3.8) is 0 Å². The first kappa shape index (κ1) is 16.3. The number of nitrogens with two attached hydrogens (primary N) is 2. The molecule has 0 aromatic heterocycles. The first-order chi connectivity index (χ1) is 9.65. The quantitative estimate of drug-likeness (QED) is 0.311. The van der Waals surface area contributed by atoms with E-state index in [1.54, 1.807) is 18.2 Å². The van der Waals surface area contributed by atoms with Crippen molar-refractivity contribution in [1.29, 1.82) is 0 Å². The van der Waals surface area contributed by atoms with Crippen LogP contribution in [-0.2, 0) is 4.79 Å². The Kier molecular flexibility index (Phi) is 7.55. The fraction of sp³-hybridized carbons (Fsp3) is 0.562. The molecule has 0 saturated carbocycles. The van der Waals surface area contributed by atoms with Crippen molar-refractivity contribution in [2.75, 3.05) is 11.5 Å². The molecule has 1 rings (SSSR count). The van der Waals surface area contributed by atoms with E-state index < -0.39 is 0 Å². The van der Waals surface area contributed by atoms with Gasteiger partial charge in [-0.05, 0) is 18.6 Å². The normalized spacial score (nSPS) is 10.4. The summed E-state index contributed by atoms with van der Waals surface area (Å²) < 4.78 is 5.23. The molecule has 0 aliphatic carbocycles. The molecule has 20 heavy (non-hydrogen) atoms. The zero-order valence-corrected chi connectivity index (χ0v) is 12.4. The van der Waals surface area contributed by atoms with Crippen molar-refractivity contribution >= 4 is 17.3 Å². The average molecular weight is 278 g/mol. The zero-order chi connectivity index (χ0) is 14.8. The molecule has 0 heterocycles. The average Bonchev–Trinajstić information content (AvgIpc) is 2.43. The van der Waals surface area contributed by atoms with E-state index in [2.05, 4.69) is 6.92 Å². The van der Waals surface area contributed by atoms with Crippen LogP contribution >= 0.6 is 0 Å². The summed E-state index contributed by atoms with van der Waals surface area (Å²) in [5.41, 5.74) is 12.2. The van der Waals surface area contributed by atoms with Crippen molar-refractivity contribution in [3.8, 4) is 5.75 Å². The maximum Gasteiger partial charge on any atom is 0.311 e. The van der Waals surface area contributed by atoms with Gasteiger partial charge in [0.2, 0.25) is 0 Å². The number of carbonyl (C=O) groups is 1. The topological polar surface area (TPSA) is 78.3 Å². The molecule has 0 aliphatic heterocycles. The number of anilines is 2. The number of nitrogen functional groups attached to an aromatic ring is 2. The highest BCUT2D eigenvalue weighted by Gasteiger charge is 2.09. The molecule has 0 bridgehead atoms. The third-order valence-corrected chi connectivity index (χ3v) is 3.31. The fourth-order valence-corrected chi connectivity index (χ4v) is 2.05. The second-order valence-electron chi connectivity index (χ2n) is 5.10. The summed E-state index contributed by atoms with van der Waals surface area (Å²) >= 11 is 0. The standard InChI is InChI=1S/C16H26N2O2/c1-2-3-4-5-6-7-8-12-15(19)20-14-11-9-10-13(17)16(14)18/h9-11H,2-8,12,17-18H2,1H3. The summed E-state index contributed by atoms with van der Waals surface area (Å²) in [4.78, 5) is 11.7. The molecule has 0 amide bonds. The van der Waals surface area contributed by atoms with Gasteiger partial charge in [-0.2, -0.15) is 0 Å². The number of ether oxygens (including phenoxy) is 1. The predicted molar refractivity (Wildman–Crippen MR) is 83.5 cm³/mol. The van der Waals surface area contributed by atoms with Crippen molar-refractivity contribution < 1.29 is 9.53 Å². The zero-order valence-electron chi connectivity index (χ0n) is 12.4. The Hall–Kier alpha value is -1.71. The summed E-state index contributed by atoms with van der Waals surface area (Å²) in [7, 11) is 0. The van der Waals surface area contributed by atoms with E-state index in [0.717, 1.165) is 12.8 Å². The largest absolute Gasteiger partial charge is 0.424 e. The van der Waals surface area contributed by atoms with E-state index in [1.807, 2.05) is 0 Å². The molecule has 0 aliphatic rings. The van der Waals surface area contributed by atoms with Gasteiger partial charge in [-0.1, -0.05) is 51.5 Å².